The molecule has 1 aromatic heterocycles. The molecule has 0 atom stereocenters. The van der Waals surface area contributed by atoms with Gasteiger partial charge in [0.1, 0.15) is 0 Å². The summed E-state index contributed by atoms with van der Waals surface area (Å²) in [5, 5.41) is 4.08. The van der Waals surface area contributed by atoms with E-state index >= 15 is 0 Å². The minimum absolute atomic E-state index is 0.0855. The van der Waals surface area contributed by atoms with Gasteiger partial charge in [0.2, 0.25) is 5.91 Å². The normalized spacial score (nSPS) is 10.4. The van der Waals surface area contributed by atoms with Gasteiger partial charge < -0.3 is 14.4 Å². The molecule has 0 spiro atoms. The van der Waals surface area contributed by atoms with E-state index in [2.05, 4.69) is 5.10 Å². The molecule has 1 heterocycles. The first-order valence-corrected chi connectivity index (χ1v) is 7.91. The fourth-order valence-corrected chi connectivity index (χ4v) is 2.48. The van der Waals surface area contributed by atoms with Crippen LogP contribution in [-0.2, 0) is 18.4 Å². The molecule has 0 unspecified atom stereocenters. The molecular formula is C18H23N3O4. The highest BCUT2D eigenvalue weighted by Crippen LogP contribution is 2.28. The number of hydrogen-bond acceptors (Lipinski definition) is 5. The predicted octanol–water partition coefficient (Wildman–Crippen LogP) is 2.06. The minimum atomic E-state index is -0.107. The minimum Gasteiger partial charge on any atom is -0.493 e. The number of aryl methyl sites for hydroxylation is 1. The third-order valence-electron chi connectivity index (χ3n) is 3.88. The number of amides is 1. The second kappa shape index (κ2) is 8.32. The van der Waals surface area contributed by atoms with Crippen molar-refractivity contribution in [1.82, 2.24) is 14.7 Å². The Bertz CT molecular complexity index is 755. The van der Waals surface area contributed by atoms with Crippen LogP contribution in [0.4, 0.5) is 0 Å². The summed E-state index contributed by atoms with van der Waals surface area (Å²) in [6.45, 7) is 0.469. The van der Waals surface area contributed by atoms with Crippen molar-refractivity contribution in [3.05, 3.63) is 41.7 Å². The molecule has 0 aliphatic rings. The lowest BCUT2D eigenvalue weighted by Crippen LogP contribution is -2.26. The van der Waals surface area contributed by atoms with Crippen LogP contribution >= 0.6 is 0 Å². The standard InChI is InChI=1S/C18H23N3O4/c1-20(11-13-10-19-21(2)12-13)18(23)8-6-15(22)14-5-7-16(24-3)17(9-14)25-4/h5,7,9-10,12H,6,8,11H2,1-4H3. The zero-order chi connectivity index (χ0) is 18.4. The van der Waals surface area contributed by atoms with Gasteiger partial charge in [-0.1, -0.05) is 0 Å². The van der Waals surface area contributed by atoms with Crippen LogP contribution in [0.5, 0.6) is 11.5 Å². The van der Waals surface area contributed by atoms with E-state index in [-0.39, 0.29) is 24.5 Å². The Morgan fingerprint density at radius 2 is 1.88 bits per heavy atom. The van der Waals surface area contributed by atoms with E-state index in [9.17, 15) is 9.59 Å². The highest BCUT2D eigenvalue weighted by molar-refractivity contribution is 5.98. The van der Waals surface area contributed by atoms with Crippen molar-refractivity contribution in [2.75, 3.05) is 21.3 Å². The molecule has 1 amide bonds. The first-order chi connectivity index (χ1) is 11.9. The SMILES string of the molecule is COc1ccc(C(=O)CCC(=O)N(C)Cc2cnn(C)c2)cc1OC. The molecule has 0 aliphatic heterocycles. The highest BCUT2D eigenvalue weighted by Gasteiger charge is 2.15. The van der Waals surface area contributed by atoms with Crippen molar-refractivity contribution in [2.45, 2.75) is 19.4 Å². The van der Waals surface area contributed by atoms with Gasteiger partial charge >= 0.3 is 0 Å². The molecule has 1 aromatic carbocycles. The number of benzene rings is 1. The number of carbonyl (C=O) groups is 2. The van der Waals surface area contributed by atoms with Crippen molar-refractivity contribution in [3.63, 3.8) is 0 Å². The summed E-state index contributed by atoms with van der Waals surface area (Å²) in [5.74, 6) is 0.862. The Morgan fingerprint density at radius 1 is 1.16 bits per heavy atom. The maximum Gasteiger partial charge on any atom is 0.223 e. The van der Waals surface area contributed by atoms with Gasteiger partial charge in [0.15, 0.2) is 17.3 Å². The van der Waals surface area contributed by atoms with E-state index in [1.165, 1.54) is 14.2 Å². The van der Waals surface area contributed by atoms with E-state index in [4.69, 9.17) is 9.47 Å². The molecule has 0 N–H and O–H groups in total. The van der Waals surface area contributed by atoms with Gasteiger partial charge in [-0.2, -0.15) is 5.10 Å². The molecule has 0 bridgehead atoms. The maximum atomic E-state index is 12.3. The number of methoxy groups -OCH3 is 2. The lowest BCUT2D eigenvalue weighted by atomic mass is 10.1. The topological polar surface area (TPSA) is 73.7 Å². The Balaban J connectivity index is 1.91. The summed E-state index contributed by atoms with van der Waals surface area (Å²) in [5.41, 5.74) is 1.45. The fourth-order valence-electron chi connectivity index (χ4n) is 2.48. The number of rotatable bonds is 8. The fraction of sp³-hybridized carbons (Fsp3) is 0.389. The van der Waals surface area contributed by atoms with Gasteiger partial charge in [-0.25, -0.2) is 0 Å². The molecule has 0 aliphatic carbocycles. The number of carbonyl (C=O) groups excluding carboxylic acids is 2. The zero-order valence-electron chi connectivity index (χ0n) is 15.0. The third-order valence-corrected chi connectivity index (χ3v) is 3.88. The van der Waals surface area contributed by atoms with Crippen LogP contribution in [0, 0.1) is 0 Å². The molecule has 134 valence electrons. The molecule has 0 radical (unpaired) electrons. The number of nitrogens with zero attached hydrogens (tertiary/aromatic N) is 3. The average Bonchev–Trinajstić information content (AvgIpc) is 3.03. The number of ether oxygens (including phenoxy) is 2. The van der Waals surface area contributed by atoms with Gasteiger partial charge in [-0.05, 0) is 18.2 Å². The number of ketones is 1. The van der Waals surface area contributed by atoms with Gasteiger partial charge in [0, 0.05) is 50.8 Å². The van der Waals surface area contributed by atoms with Crippen molar-refractivity contribution in [3.8, 4) is 11.5 Å². The summed E-state index contributed by atoms with van der Waals surface area (Å²) in [7, 11) is 6.60. The van der Waals surface area contributed by atoms with Gasteiger partial charge in [0.25, 0.3) is 0 Å². The van der Waals surface area contributed by atoms with Crippen LogP contribution in [0.15, 0.2) is 30.6 Å². The monoisotopic (exact) mass is 345 g/mol. The molecule has 25 heavy (non-hydrogen) atoms. The first-order valence-electron chi connectivity index (χ1n) is 7.91. The highest BCUT2D eigenvalue weighted by atomic mass is 16.5. The third kappa shape index (κ3) is 4.82. The average molecular weight is 345 g/mol. The first kappa shape index (κ1) is 18.5. The molecule has 2 rings (SSSR count). The summed E-state index contributed by atoms with van der Waals surface area (Å²) >= 11 is 0. The molecule has 7 heteroatoms. The quantitative estimate of drug-likeness (QED) is 0.685. The summed E-state index contributed by atoms with van der Waals surface area (Å²) < 4.78 is 12.0. The van der Waals surface area contributed by atoms with Gasteiger partial charge in [-0.15, -0.1) is 0 Å². The van der Waals surface area contributed by atoms with Crippen molar-refractivity contribution >= 4 is 11.7 Å². The van der Waals surface area contributed by atoms with Crippen molar-refractivity contribution < 1.29 is 19.1 Å². The van der Waals surface area contributed by atoms with E-state index in [0.29, 0.717) is 23.6 Å². The van der Waals surface area contributed by atoms with Crippen LogP contribution in [0.3, 0.4) is 0 Å². The summed E-state index contributed by atoms with van der Waals surface area (Å²) in [6.07, 6.45) is 3.88. The molecule has 0 saturated heterocycles. The maximum absolute atomic E-state index is 12.3. The van der Waals surface area contributed by atoms with Crippen molar-refractivity contribution in [1.29, 1.82) is 0 Å². The molecular weight excluding hydrogens is 322 g/mol. The largest absolute Gasteiger partial charge is 0.493 e. The molecule has 0 saturated carbocycles. The Kier molecular flexibility index (Phi) is 6.16. The zero-order valence-corrected chi connectivity index (χ0v) is 15.0. The van der Waals surface area contributed by atoms with Gasteiger partial charge in [0.05, 0.1) is 20.4 Å². The Labute approximate surface area is 147 Å². The second-order valence-electron chi connectivity index (χ2n) is 5.76. The van der Waals surface area contributed by atoms with Crippen LogP contribution in [0.25, 0.3) is 0 Å². The van der Waals surface area contributed by atoms with E-state index < -0.39 is 0 Å². The van der Waals surface area contributed by atoms with Gasteiger partial charge in [-0.3, -0.25) is 14.3 Å². The smallest absolute Gasteiger partial charge is 0.223 e. The predicted molar refractivity (Wildman–Crippen MR) is 92.8 cm³/mol. The van der Waals surface area contributed by atoms with E-state index in [0.717, 1.165) is 5.56 Å². The van der Waals surface area contributed by atoms with Crippen LogP contribution in [0.2, 0.25) is 0 Å². The lowest BCUT2D eigenvalue weighted by Gasteiger charge is -2.16. The molecule has 7 nitrogen and oxygen atoms in total. The number of aromatic nitrogens is 2. The molecule has 2 aromatic rings. The lowest BCUT2D eigenvalue weighted by molar-refractivity contribution is -0.130. The van der Waals surface area contributed by atoms with E-state index in [1.807, 2.05) is 13.2 Å². The van der Waals surface area contributed by atoms with Crippen LogP contribution < -0.4 is 9.47 Å². The summed E-state index contributed by atoms with van der Waals surface area (Å²) in [6, 6.07) is 4.99. The number of hydrogen-bond donors (Lipinski definition) is 0. The van der Waals surface area contributed by atoms with Crippen molar-refractivity contribution in [2.24, 2.45) is 7.05 Å². The second-order valence-corrected chi connectivity index (χ2v) is 5.76. The Hall–Kier alpha value is -2.83. The molecule has 0 fully saturated rings. The Morgan fingerprint density at radius 3 is 2.48 bits per heavy atom. The summed E-state index contributed by atoms with van der Waals surface area (Å²) in [4.78, 5) is 26.1. The van der Waals surface area contributed by atoms with E-state index in [1.54, 1.807) is 41.0 Å². The van der Waals surface area contributed by atoms with Crippen LogP contribution in [-0.4, -0.2) is 47.6 Å². The van der Waals surface area contributed by atoms with Crippen LogP contribution in [0.1, 0.15) is 28.8 Å². The number of Topliss-reactive ketones (excluding diaryl/α,β-unsaturated/α-hetero) is 1.